The Balaban J connectivity index is 1.63. The molecule has 4 unspecified atom stereocenters. The van der Waals surface area contributed by atoms with E-state index in [1.165, 1.54) is 27.1 Å². The summed E-state index contributed by atoms with van der Waals surface area (Å²) in [6.45, 7) is 2.14. The van der Waals surface area contributed by atoms with Crippen LogP contribution in [0.3, 0.4) is 0 Å². The molecule has 1 aromatic carbocycles. The molecule has 3 heteroatoms. The highest BCUT2D eigenvalue weighted by Crippen LogP contribution is 2.66. The highest BCUT2D eigenvalue weighted by atomic mass is 79.9. The number of fused-ring (bicyclic) bond motifs is 3. The fourth-order valence-corrected chi connectivity index (χ4v) is 5.98. The van der Waals surface area contributed by atoms with Gasteiger partial charge in [0.2, 0.25) is 0 Å². The minimum absolute atomic E-state index is 0.172. The van der Waals surface area contributed by atoms with Gasteiger partial charge >= 0.3 is 0 Å². The second-order valence-corrected chi connectivity index (χ2v) is 8.88. The van der Waals surface area contributed by atoms with Crippen molar-refractivity contribution < 1.29 is 0 Å². The van der Waals surface area contributed by atoms with Crippen molar-refractivity contribution in [3.8, 4) is 0 Å². The van der Waals surface area contributed by atoms with E-state index in [1.54, 1.807) is 22.5 Å². The highest BCUT2D eigenvalue weighted by molar-refractivity contribution is 9.11. The van der Waals surface area contributed by atoms with E-state index in [4.69, 9.17) is 11.6 Å². The maximum absolute atomic E-state index is 6.82. The van der Waals surface area contributed by atoms with Gasteiger partial charge in [-0.25, -0.2) is 0 Å². The Morgan fingerprint density at radius 3 is 2.90 bits per heavy atom. The maximum atomic E-state index is 6.82. The highest BCUT2D eigenvalue weighted by Gasteiger charge is 2.56. The Kier molecular flexibility index (Phi) is 3.25. The number of aryl methyl sites for hydroxylation is 2. The van der Waals surface area contributed by atoms with Crippen molar-refractivity contribution in [2.75, 3.05) is 0 Å². The van der Waals surface area contributed by atoms with Crippen molar-refractivity contribution in [3.63, 3.8) is 0 Å². The van der Waals surface area contributed by atoms with Gasteiger partial charge < -0.3 is 0 Å². The quantitative estimate of drug-likeness (QED) is 0.565. The molecule has 0 aliphatic heterocycles. The molecule has 2 aromatic rings. The summed E-state index contributed by atoms with van der Waals surface area (Å²) in [5, 5.41) is 0.172. The summed E-state index contributed by atoms with van der Waals surface area (Å²) in [6.07, 6.45) is 2.53. The normalized spacial score (nSPS) is 28.6. The summed E-state index contributed by atoms with van der Waals surface area (Å²) in [6, 6.07) is 11.2. The molecule has 1 aromatic heterocycles. The monoisotopic (exact) mass is 366 g/mol. The lowest BCUT2D eigenvalue weighted by Gasteiger charge is -2.13. The van der Waals surface area contributed by atoms with Gasteiger partial charge in [-0.05, 0) is 76.2 Å². The Morgan fingerprint density at radius 2 is 2.15 bits per heavy atom. The van der Waals surface area contributed by atoms with E-state index in [9.17, 15) is 0 Å². The van der Waals surface area contributed by atoms with Gasteiger partial charge in [-0.1, -0.05) is 24.3 Å². The van der Waals surface area contributed by atoms with Crippen LogP contribution >= 0.6 is 38.9 Å². The van der Waals surface area contributed by atoms with Gasteiger partial charge in [0.05, 0.1) is 9.16 Å². The summed E-state index contributed by atoms with van der Waals surface area (Å²) in [7, 11) is 0. The van der Waals surface area contributed by atoms with Gasteiger partial charge in [0, 0.05) is 4.88 Å². The average molecular weight is 368 g/mol. The number of hydrogen-bond donors (Lipinski definition) is 0. The molecule has 0 amide bonds. The SMILES string of the molecule is Cc1cc(C(Cl)C2C3CCc4ccccc4C32)sc1Br. The van der Waals surface area contributed by atoms with Crippen molar-refractivity contribution >= 4 is 38.9 Å². The largest absolute Gasteiger partial charge is 0.131 e. The topological polar surface area (TPSA) is 0 Å². The third-order valence-electron chi connectivity index (χ3n) is 4.88. The van der Waals surface area contributed by atoms with Crippen LogP contribution in [0.4, 0.5) is 0 Å². The molecule has 0 nitrogen and oxygen atoms in total. The van der Waals surface area contributed by atoms with E-state index in [1.807, 2.05) is 0 Å². The van der Waals surface area contributed by atoms with Crippen LogP contribution in [0.2, 0.25) is 0 Å². The standard InChI is InChI=1S/C17H16BrClS/c1-9-8-13(20-17(9)18)16(19)15-12-7-6-10-4-2-3-5-11(10)14(12)15/h2-5,8,12,14-16H,6-7H2,1H3. The zero-order valence-corrected chi connectivity index (χ0v) is 14.4. The van der Waals surface area contributed by atoms with Crippen molar-refractivity contribution in [2.24, 2.45) is 11.8 Å². The Morgan fingerprint density at radius 1 is 1.35 bits per heavy atom. The molecule has 4 atom stereocenters. The Hall–Kier alpha value is -0.310. The molecule has 1 fully saturated rings. The molecule has 0 bridgehead atoms. The van der Waals surface area contributed by atoms with Gasteiger partial charge in [-0.15, -0.1) is 22.9 Å². The molecule has 0 saturated heterocycles. The van der Waals surface area contributed by atoms with Crippen LogP contribution in [0, 0.1) is 18.8 Å². The molecular formula is C17H16BrClS. The van der Waals surface area contributed by atoms with E-state index in [-0.39, 0.29) is 5.38 Å². The van der Waals surface area contributed by atoms with Crippen LogP contribution in [-0.2, 0) is 6.42 Å². The van der Waals surface area contributed by atoms with Crippen molar-refractivity contribution in [1.82, 2.24) is 0 Å². The first kappa shape index (κ1) is 13.4. The minimum atomic E-state index is 0.172. The maximum Gasteiger partial charge on any atom is 0.0731 e. The second-order valence-electron chi connectivity index (χ2n) is 6.01. The molecule has 0 radical (unpaired) electrons. The number of rotatable bonds is 2. The van der Waals surface area contributed by atoms with Gasteiger partial charge in [-0.2, -0.15) is 0 Å². The summed E-state index contributed by atoms with van der Waals surface area (Å²) in [5.74, 6) is 2.13. The van der Waals surface area contributed by atoms with E-state index < -0.39 is 0 Å². The zero-order valence-electron chi connectivity index (χ0n) is 11.3. The first-order chi connectivity index (χ1) is 9.66. The Bertz CT molecular complexity index is 643. The molecule has 20 heavy (non-hydrogen) atoms. The Labute approximate surface area is 137 Å². The van der Waals surface area contributed by atoms with Gasteiger partial charge in [0.15, 0.2) is 0 Å². The van der Waals surface area contributed by atoms with Crippen LogP contribution in [0.15, 0.2) is 34.1 Å². The van der Waals surface area contributed by atoms with Crippen LogP contribution in [0.25, 0.3) is 0 Å². The smallest absolute Gasteiger partial charge is 0.0731 e. The fraction of sp³-hybridized carbons (Fsp3) is 0.412. The lowest BCUT2D eigenvalue weighted by Crippen LogP contribution is -2.00. The lowest BCUT2D eigenvalue weighted by molar-refractivity contribution is 0.624. The first-order valence-corrected chi connectivity index (χ1v) is 9.19. The molecule has 2 aliphatic carbocycles. The van der Waals surface area contributed by atoms with Crippen molar-refractivity contribution in [3.05, 3.63) is 55.7 Å². The summed E-state index contributed by atoms with van der Waals surface area (Å²) in [4.78, 5) is 1.33. The molecule has 1 saturated carbocycles. The molecule has 104 valence electrons. The summed E-state index contributed by atoms with van der Waals surface area (Å²) >= 11 is 12.2. The van der Waals surface area contributed by atoms with Crippen molar-refractivity contribution in [2.45, 2.75) is 31.1 Å². The minimum Gasteiger partial charge on any atom is -0.131 e. The van der Waals surface area contributed by atoms with Gasteiger partial charge in [0.1, 0.15) is 0 Å². The molecule has 2 aliphatic rings. The average Bonchev–Trinajstić information content (AvgIpc) is 3.11. The molecular weight excluding hydrogens is 352 g/mol. The third kappa shape index (κ3) is 2.00. The summed E-state index contributed by atoms with van der Waals surface area (Å²) < 4.78 is 1.22. The molecule has 0 spiro atoms. The van der Waals surface area contributed by atoms with E-state index >= 15 is 0 Å². The third-order valence-corrected chi connectivity index (χ3v) is 7.75. The molecule has 1 heterocycles. The first-order valence-electron chi connectivity index (χ1n) is 7.14. The zero-order chi connectivity index (χ0) is 13.9. The van der Waals surface area contributed by atoms with Crippen LogP contribution in [0.5, 0.6) is 0 Å². The molecule has 0 N–H and O–H groups in total. The number of alkyl halides is 1. The van der Waals surface area contributed by atoms with Crippen LogP contribution in [-0.4, -0.2) is 0 Å². The number of benzene rings is 1. The second kappa shape index (κ2) is 4.86. The van der Waals surface area contributed by atoms with E-state index in [0.29, 0.717) is 11.8 Å². The number of thiophene rings is 1. The van der Waals surface area contributed by atoms with Crippen LogP contribution < -0.4 is 0 Å². The van der Waals surface area contributed by atoms with E-state index in [0.717, 1.165) is 5.92 Å². The number of hydrogen-bond acceptors (Lipinski definition) is 1. The van der Waals surface area contributed by atoms with Crippen molar-refractivity contribution in [1.29, 1.82) is 0 Å². The number of halogens is 2. The van der Waals surface area contributed by atoms with E-state index in [2.05, 4.69) is 53.2 Å². The summed E-state index contributed by atoms with van der Waals surface area (Å²) in [5.41, 5.74) is 4.41. The fourth-order valence-electron chi connectivity index (χ4n) is 3.83. The predicted molar refractivity (Wildman–Crippen MR) is 89.8 cm³/mol. The van der Waals surface area contributed by atoms with Gasteiger partial charge in [0.25, 0.3) is 0 Å². The molecule has 4 rings (SSSR count). The predicted octanol–water partition coefficient (Wildman–Crippen LogP) is 6.07. The van der Waals surface area contributed by atoms with Gasteiger partial charge in [-0.3, -0.25) is 0 Å². The lowest BCUT2D eigenvalue weighted by atomic mass is 9.92. The van der Waals surface area contributed by atoms with Crippen LogP contribution in [0.1, 0.15) is 39.3 Å².